The molecule has 0 aromatic heterocycles. The fourth-order valence-corrected chi connectivity index (χ4v) is 1.82. The van der Waals surface area contributed by atoms with Gasteiger partial charge in [-0.05, 0) is 30.2 Å². The molecule has 0 spiro atoms. The Morgan fingerprint density at radius 2 is 1.85 bits per heavy atom. The number of anilines is 1. The number of esters is 1. The van der Waals surface area contributed by atoms with Crippen LogP contribution in [0, 0.1) is 0 Å². The molecule has 0 fully saturated rings. The van der Waals surface area contributed by atoms with Crippen LogP contribution in [0.2, 0.25) is 0 Å². The van der Waals surface area contributed by atoms with Gasteiger partial charge < -0.3 is 10.1 Å². The Kier molecular flexibility index (Phi) is 4.95. The first-order chi connectivity index (χ1) is 9.79. The van der Waals surface area contributed by atoms with Crippen molar-refractivity contribution in [2.24, 2.45) is 0 Å². The van der Waals surface area contributed by atoms with Crippen molar-refractivity contribution in [2.45, 2.75) is 6.92 Å². The molecular weight excluding hydrogens is 250 g/mol. The topological polar surface area (TPSA) is 38.3 Å². The van der Waals surface area contributed by atoms with Crippen LogP contribution in [0.1, 0.15) is 6.92 Å². The predicted octanol–water partition coefficient (Wildman–Crippen LogP) is 3.84. The van der Waals surface area contributed by atoms with Crippen LogP contribution >= 0.6 is 0 Å². The summed E-state index contributed by atoms with van der Waals surface area (Å²) < 4.78 is 4.81. The van der Waals surface area contributed by atoms with E-state index in [-0.39, 0.29) is 5.97 Å². The average molecular weight is 267 g/mol. The molecule has 1 N–H and O–H groups in total. The Labute approximate surface area is 118 Å². The van der Waals surface area contributed by atoms with Crippen molar-refractivity contribution in [1.82, 2.24) is 0 Å². The molecule has 0 unspecified atom stereocenters. The molecule has 0 radical (unpaired) electrons. The number of nitrogens with one attached hydrogen (secondary N) is 1. The number of carbonyl (C=O) groups excluding carboxylic acids is 1. The van der Waals surface area contributed by atoms with Gasteiger partial charge in [0, 0.05) is 18.0 Å². The van der Waals surface area contributed by atoms with Gasteiger partial charge in [-0.2, -0.15) is 0 Å². The molecule has 20 heavy (non-hydrogen) atoms. The van der Waals surface area contributed by atoms with Crippen molar-refractivity contribution >= 4 is 11.7 Å². The molecule has 0 bridgehead atoms. The van der Waals surface area contributed by atoms with Crippen LogP contribution in [0.3, 0.4) is 0 Å². The molecule has 0 aliphatic carbocycles. The van der Waals surface area contributed by atoms with Crippen LogP contribution in [-0.2, 0) is 9.53 Å². The second kappa shape index (κ2) is 7.14. The number of ether oxygens (including phenoxy) is 1. The van der Waals surface area contributed by atoms with Crippen LogP contribution in [-0.4, -0.2) is 12.6 Å². The standard InChI is InChI=1S/C17H17NO2/c1-2-20-17(19)11-12-18-16-10-6-9-15(13-16)14-7-4-3-5-8-14/h3-13,18H,2H2,1H3. The van der Waals surface area contributed by atoms with Gasteiger partial charge in [-0.1, -0.05) is 42.5 Å². The molecule has 0 saturated carbocycles. The minimum Gasteiger partial charge on any atom is -0.463 e. The average Bonchev–Trinajstić information content (AvgIpc) is 2.49. The minimum absolute atomic E-state index is 0.348. The summed E-state index contributed by atoms with van der Waals surface area (Å²) in [7, 11) is 0. The fourth-order valence-electron chi connectivity index (χ4n) is 1.82. The molecule has 0 saturated heterocycles. The molecule has 102 valence electrons. The third kappa shape index (κ3) is 3.99. The quantitative estimate of drug-likeness (QED) is 0.660. The zero-order chi connectivity index (χ0) is 14.2. The first-order valence-corrected chi connectivity index (χ1v) is 6.55. The fraction of sp³-hybridized carbons (Fsp3) is 0.118. The summed E-state index contributed by atoms with van der Waals surface area (Å²) in [5.41, 5.74) is 3.21. The van der Waals surface area contributed by atoms with E-state index < -0.39 is 0 Å². The van der Waals surface area contributed by atoms with Gasteiger partial charge in [0.2, 0.25) is 0 Å². The molecule has 0 heterocycles. The molecule has 0 aliphatic rings. The third-order valence-corrected chi connectivity index (χ3v) is 2.73. The van der Waals surface area contributed by atoms with E-state index in [0.717, 1.165) is 16.8 Å². The van der Waals surface area contributed by atoms with E-state index in [1.54, 1.807) is 13.1 Å². The summed E-state index contributed by atoms with van der Waals surface area (Å²) in [5, 5.41) is 3.06. The van der Waals surface area contributed by atoms with E-state index in [4.69, 9.17) is 4.74 Å². The Balaban J connectivity index is 2.05. The molecule has 2 aromatic rings. The maximum Gasteiger partial charge on any atom is 0.332 e. The van der Waals surface area contributed by atoms with Gasteiger partial charge in [-0.25, -0.2) is 4.79 Å². The van der Waals surface area contributed by atoms with Gasteiger partial charge in [0.05, 0.1) is 6.61 Å². The van der Waals surface area contributed by atoms with E-state index in [1.165, 1.54) is 6.08 Å². The van der Waals surface area contributed by atoms with Gasteiger partial charge in [0.25, 0.3) is 0 Å². The highest BCUT2D eigenvalue weighted by atomic mass is 16.5. The third-order valence-electron chi connectivity index (χ3n) is 2.73. The maximum atomic E-state index is 11.2. The summed E-state index contributed by atoms with van der Waals surface area (Å²) in [6.45, 7) is 2.16. The molecule has 2 aromatic carbocycles. The lowest BCUT2D eigenvalue weighted by Crippen LogP contribution is -2.00. The summed E-state index contributed by atoms with van der Waals surface area (Å²) in [4.78, 5) is 11.2. The Morgan fingerprint density at radius 3 is 2.60 bits per heavy atom. The van der Waals surface area contributed by atoms with Gasteiger partial charge in [-0.3, -0.25) is 0 Å². The predicted molar refractivity (Wildman–Crippen MR) is 81.3 cm³/mol. The largest absolute Gasteiger partial charge is 0.463 e. The van der Waals surface area contributed by atoms with E-state index in [1.807, 2.05) is 36.4 Å². The van der Waals surface area contributed by atoms with E-state index in [9.17, 15) is 4.79 Å². The van der Waals surface area contributed by atoms with E-state index in [0.29, 0.717) is 6.61 Å². The number of benzene rings is 2. The molecular formula is C17H17NO2. The maximum absolute atomic E-state index is 11.2. The molecule has 2 rings (SSSR count). The Morgan fingerprint density at radius 1 is 1.10 bits per heavy atom. The van der Waals surface area contributed by atoms with Crippen molar-refractivity contribution in [3.63, 3.8) is 0 Å². The normalized spacial score (nSPS) is 10.4. The first-order valence-electron chi connectivity index (χ1n) is 6.55. The first kappa shape index (κ1) is 13.9. The number of rotatable bonds is 5. The smallest absolute Gasteiger partial charge is 0.332 e. The number of hydrogen-bond donors (Lipinski definition) is 1. The highest BCUT2D eigenvalue weighted by Gasteiger charge is 1.98. The second-order valence-corrected chi connectivity index (χ2v) is 4.18. The Hall–Kier alpha value is -2.55. The lowest BCUT2D eigenvalue weighted by atomic mass is 10.1. The van der Waals surface area contributed by atoms with Crippen LogP contribution in [0.25, 0.3) is 11.1 Å². The number of carbonyl (C=O) groups is 1. The van der Waals surface area contributed by atoms with Crippen molar-refractivity contribution in [2.75, 3.05) is 11.9 Å². The molecule has 0 aliphatic heterocycles. The number of hydrogen-bond acceptors (Lipinski definition) is 3. The molecule has 0 atom stereocenters. The van der Waals surface area contributed by atoms with Crippen LogP contribution in [0.4, 0.5) is 5.69 Å². The van der Waals surface area contributed by atoms with Crippen molar-refractivity contribution in [3.8, 4) is 11.1 Å². The zero-order valence-corrected chi connectivity index (χ0v) is 11.4. The molecule has 0 amide bonds. The van der Waals surface area contributed by atoms with Crippen molar-refractivity contribution in [3.05, 3.63) is 66.9 Å². The lowest BCUT2D eigenvalue weighted by molar-refractivity contribution is -0.137. The van der Waals surface area contributed by atoms with Crippen LogP contribution < -0.4 is 5.32 Å². The lowest BCUT2D eigenvalue weighted by Gasteiger charge is -2.05. The highest BCUT2D eigenvalue weighted by molar-refractivity contribution is 5.82. The van der Waals surface area contributed by atoms with E-state index in [2.05, 4.69) is 23.5 Å². The van der Waals surface area contributed by atoms with Gasteiger partial charge in [0.1, 0.15) is 0 Å². The summed E-state index contributed by atoms with van der Waals surface area (Å²) in [5.74, 6) is -0.348. The zero-order valence-electron chi connectivity index (χ0n) is 11.4. The van der Waals surface area contributed by atoms with Crippen molar-refractivity contribution < 1.29 is 9.53 Å². The highest BCUT2D eigenvalue weighted by Crippen LogP contribution is 2.22. The summed E-state index contributed by atoms with van der Waals surface area (Å²) in [6, 6.07) is 18.1. The van der Waals surface area contributed by atoms with E-state index >= 15 is 0 Å². The van der Waals surface area contributed by atoms with Gasteiger partial charge >= 0.3 is 5.97 Å². The van der Waals surface area contributed by atoms with Crippen LogP contribution in [0.5, 0.6) is 0 Å². The monoisotopic (exact) mass is 267 g/mol. The van der Waals surface area contributed by atoms with Gasteiger partial charge in [0.15, 0.2) is 0 Å². The molecule has 3 nitrogen and oxygen atoms in total. The Bertz CT molecular complexity index is 591. The second-order valence-electron chi connectivity index (χ2n) is 4.18. The van der Waals surface area contributed by atoms with Gasteiger partial charge in [-0.15, -0.1) is 0 Å². The summed E-state index contributed by atoms with van der Waals surface area (Å²) >= 11 is 0. The summed E-state index contributed by atoms with van der Waals surface area (Å²) in [6.07, 6.45) is 2.96. The van der Waals surface area contributed by atoms with Crippen molar-refractivity contribution in [1.29, 1.82) is 0 Å². The molecule has 3 heteroatoms. The minimum atomic E-state index is -0.348. The van der Waals surface area contributed by atoms with Crippen LogP contribution in [0.15, 0.2) is 66.9 Å². The SMILES string of the molecule is CCOC(=O)C=CNc1cccc(-c2ccccc2)c1.